The molecule has 0 unspecified atom stereocenters. The van der Waals surface area contributed by atoms with Crippen LogP contribution in [0.2, 0.25) is 30.1 Å². The van der Waals surface area contributed by atoms with Crippen LogP contribution in [-0.4, -0.2) is 69.0 Å². The second-order valence-electron chi connectivity index (χ2n) is 15.5. The SMILES string of the molecule is COC(=O)c1c2ccc(C)cc2nn1Cc1cc(Cl)ccc1Cl.COC(=O)c1n[nH]c2cc(C)ccc12.COC(=O)c1nn(Cc2ccc(Cl)cc2Cl)c2cc(C)ccc12.ClCc1ccc(Cl)cc1Cl. The number of methoxy groups -OCH3 is 3. The highest BCUT2D eigenvalue weighted by atomic mass is 35.5. The van der Waals surface area contributed by atoms with Crippen LogP contribution in [0.15, 0.2) is 109 Å². The summed E-state index contributed by atoms with van der Waals surface area (Å²) in [5.74, 6) is -0.884. The summed E-state index contributed by atoms with van der Waals surface area (Å²) in [6.45, 7) is 6.72. The lowest BCUT2D eigenvalue weighted by atomic mass is 10.1. The van der Waals surface area contributed by atoms with Crippen molar-refractivity contribution in [1.29, 1.82) is 0 Å². The number of H-pyrrole nitrogens is 1. The fourth-order valence-electron chi connectivity index (χ4n) is 6.97. The van der Waals surface area contributed by atoms with Gasteiger partial charge in [-0.25, -0.2) is 14.4 Å². The fraction of sp³-hybridized carbons (Fsp3) is 0.176. The Labute approximate surface area is 438 Å². The first kappa shape index (κ1) is 53.5. The van der Waals surface area contributed by atoms with Gasteiger partial charge in [0.2, 0.25) is 0 Å². The van der Waals surface area contributed by atoms with Gasteiger partial charge in [0.15, 0.2) is 17.1 Å². The molecule has 0 aliphatic rings. The molecule has 6 aromatic carbocycles. The minimum Gasteiger partial charge on any atom is -0.464 e. The third-order valence-electron chi connectivity index (χ3n) is 10.5. The first-order chi connectivity index (χ1) is 33.4. The average Bonchev–Trinajstić information content (AvgIpc) is 4.03. The number of nitrogens with one attached hydrogen (secondary N) is 1. The van der Waals surface area contributed by atoms with Gasteiger partial charge >= 0.3 is 17.9 Å². The summed E-state index contributed by atoms with van der Waals surface area (Å²) >= 11 is 41.4. The van der Waals surface area contributed by atoms with Crippen molar-refractivity contribution in [2.24, 2.45) is 0 Å². The number of aryl methyl sites for hydroxylation is 3. The van der Waals surface area contributed by atoms with Crippen LogP contribution in [0.5, 0.6) is 0 Å². The van der Waals surface area contributed by atoms with Gasteiger partial charge in [-0.2, -0.15) is 15.3 Å². The number of fused-ring (bicyclic) bond motifs is 3. The number of nitrogens with zero attached hydrogens (tertiary/aromatic N) is 5. The van der Waals surface area contributed by atoms with Crippen LogP contribution in [0.1, 0.15) is 64.8 Å². The summed E-state index contributed by atoms with van der Waals surface area (Å²) < 4.78 is 17.7. The second-order valence-corrected chi connectivity index (χ2v) is 18.3. The van der Waals surface area contributed by atoms with Crippen LogP contribution >= 0.6 is 81.2 Å². The summed E-state index contributed by atoms with van der Waals surface area (Å²) in [5.41, 5.74) is 9.33. The van der Waals surface area contributed by atoms with Crippen LogP contribution in [-0.2, 0) is 33.2 Å². The molecule has 0 amide bonds. The predicted molar refractivity (Wildman–Crippen MR) is 281 cm³/mol. The molecule has 0 fully saturated rings. The van der Waals surface area contributed by atoms with E-state index in [1.54, 1.807) is 51.8 Å². The van der Waals surface area contributed by atoms with Crippen LogP contribution in [0.4, 0.5) is 0 Å². The summed E-state index contributed by atoms with van der Waals surface area (Å²) in [6.07, 6.45) is 0. The monoisotopic (exact) mass is 1080 g/mol. The molecule has 0 aliphatic heterocycles. The van der Waals surface area contributed by atoms with Gasteiger partial charge in [-0.05, 0) is 115 Å². The van der Waals surface area contributed by atoms with Gasteiger partial charge in [0, 0.05) is 52.2 Å². The molecular formula is C51H43Cl7N6O6. The molecule has 0 saturated heterocycles. The molecule has 0 bridgehead atoms. The van der Waals surface area contributed by atoms with Crippen molar-refractivity contribution >= 4 is 132 Å². The van der Waals surface area contributed by atoms with Crippen LogP contribution < -0.4 is 0 Å². The molecule has 12 nitrogen and oxygen atoms in total. The Morgan fingerprint density at radius 2 is 1.04 bits per heavy atom. The van der Waals surface area contributed by atoms with Gasteiger partial charge in [-0.1, -0.05) is 118 Å². The van der Waals surface area contributed by atoms with Crippen molar-refractivity contribution in [2.45, 2.75) is 39.7 Å². The summed E-state index contributed by atoms with van der Waals surface area (Å²) in [6, 6.07) is 33.1. The number of rotatable bonds is 8. The Bertz CT molecular complexity index is 3370. The Balaban J connectivity index is 0.000000161. The van der Waals surface area contributed by atoms with Gasteiger partial charge in [-0.15, -0.1) is 11.6 Å². The predicted octanol–water partition coefficient (Wildman–Crippen LogP) is 14.4. The van der Waals surface area contributed by atoms with E-state index in [0.717, 1.165) is 66.1 Å². The molecule has 3 heterocycles. The molecule has 0 aliphatic carbocycles. The highest BCUT2D eigenvalue weighted by Crippen LogP contribution is 2.28. The van der Waals surface area contributed by atoms with E-state index in [0.29, 0.717) is 66.2 Å². The molecule has 9 rings (SSSR count). The van der Waals surface area contributed by atoms with Crippen LogP contribution in [0.3, 0.4) is 0 Å². The van der Waals surface area contributed by atoms with E-state index < -0.39 is 17.9 Å². The number of halogens is 7. The number of benzene rings is 6. The summed E-state index contributed by atoms with van der Waals surface area (Å²) in [5, 5.41) is 21.5. The fourth-order valence-corrected chi connectivity index (χ4v) is 8.59. The first-order valence-corrected chi connectivity index (χ1v) is 23.8. The lowest BCUT2D eigenvalue weighted by Crippen LogP contribution is -2.13. The van der Waals surface area contributed by atoms with Crippen LogP contribution in [0.25, 0.3) is 32.7 Å². The molecule has 0 atom stereocenters. The van der Waals surface area contributed by atoms with E-state index in [4.69, 9.17) is 90.7 Å². The number of hydrogen-bond acceptors (Lipinski definition) is 9. The van der Waals surface area contributed by atoms with E-state index in [1.807, 2.05) is 87.5 Å². The maximum absolute atomic E-state index is 12.2. The maximum Gasteiger partial charge on any atom is 0.359 e. The van der Waals surface area contributed by atoms with Crippen LogP contribution in [0, 0.1) is 20.8 Å². The Kier molecular flexibility index (Phi) is 18.6. The van der Waals surface area contributed by atoms with Gasteiger partial charge in [-0.3, -0.25) is 14.5 Å². The van der Waals surface area contributed by atoms with Crippen molar-refractivity contribution in [3.05, 3.63) is 190 Å². The average molecular weight is 1080 g/mol. The zero-order chi connectivity index (χ0) is 50.8. The van der Waals surface area contributed by atoms with Crippen molar-refractivity contribution in [2.75, 3.05) is 21.3 Å². The van der Waals surface area contributed by atoms with Crippen molar-refractivity contribution in [3.8, 4) is 0 Å². The highest BCUT2D eigenvalue weighted by Gasteiger charge is 2.21. The van der Waals surface area contributed by atoms with Gasteiger partial charge in [0.25, 0.3) is 0 Å². The third-order valence-corrected chi connectivity index (χ3v) is 12.5. The lowest BCUT2D eigenvalue weighted by Gasteiger charge is -2.08. The minimum atomic E-state index is -0.459. The number of carbonyl (C=O) groups is 3. The minimum absolute atomic E-state index is 0.299. The molecule has 0 radical (unpaired) electrons. The number of carbonyl (C=O) groups excluding carboxylic acids is 3. The normalized spacial score (nSPS) is 10.7. The van der Waals surface area contributed by atoms with E-state index in [2.05, 4.69) is 25.1 Å². The topological polar surface area (TPSA) is 143 Å². The lowest BCUT2D eigenvalue weighted by molar-refractivity contribution is 0.0582. The van der Waals surface area contributed by atoms with Crippen molar-refractivity contribution in [3.63, 3.8) is 0 Å². The maximum atomic E-state index is 12.2. The Hall–Kier alpha value is -5.83. The first-order valence-electron chi connectivity index (χ1n) is 21.0. The zero-order valence-electron chi connectivity index (χ0n) is 38.3. The van der Waals surface area contributed by atoms with Gasteiger partial charge in [0.1, 0.15) is 0 Å². The van der Waals surface area contributed by atoms with E-state index in [9.17, 15) is 14.4 Å². The molecule has 362 valence electrons. The largest absolute Gasteiger partial charge is 0.464 e. The Morgan fingerprint density at radius 3 is 1.66 bits per heavy atom. The quantitative estimate of drug-likeness (QED) is 0.0893. The second kappa shape index (κ2) is 24.3. The number of aromatic nitrogens is 6. The van der Waals surface area contributed by atoms with E-state index >= 15 is 0 Å². The molecular weight excluding hydrogens is 1040 g/mol. The molecule has 1 N–H and O–H groups in total. The highest BCUT2D eigenvalue weighted by molar-refractivity contribution is 6.36. The Morgan fingerprint density at radius 1 is 0.514 bits per heavy atom. The van der Waals surface area contributed by atoms with Gasteiger partial charge < -0.3 is 14.2 Å². The molecule has 0 spiro atoms. The summed E-state index contributed by atoms with van der Waals surface area (Å²) in [4.78, 5) is 35.4. The number of aromatic amines is 1. The number of hydrogen-bond donors (Lipinski definition) is 1. The number of esters is 3. The third kappa shape index (κ3) is 13.1. The molecule has 3 aromatic heterocycles. The zero-order valence-corrected chi connectivity index (χ0v) is 43.6. The standard InChI is InChI=1S/2C17H14Cl2N2O2.C10H10N2O2.C7H5Cl3/c1-10-3-6-13-15(7-10)21(20-16(13)17(22)23-2)9-11-4-5-12(18)8-14(11)19;1-10-3-5-13-15(7-10)20-21(16(13)17(22)23-2)9-11-8-12(18)4-6-14(11)19;1-6-3-4-7-8(5-6)11-12-9(7)10(13)14-2;8-4-5-1-2-6(9)3-7(5)10/h2*3-8H,9H2,1-2H3;3-5H,1-2H3,(H,11,12);1-3H,4H2. The van der Waals surface area contributed by atoms with Crippen molar-refractivity contribution < 1.29 is 28.6 Å². The number of ether oxygens (including phenoxy) is 3. The number of alkyl halides is 1. The summed E-state index contributed by atoms with van der Waals surface area (Å²) in [7, 11) is 4.04. The van der Waals surface area contributed by atoms with Gasteiger partial charge in [0.05, 0.1) is 51.0 Å². The van der Waals surface area contributed by atoms with Crippen molar-refractivity contribution in [1.82, 2.24) is 29.8 Å². The smallest absolute Gasteiger partial charge is 0.359 e. The molecule has 0 saturated carbocycles. The van der Waals surface area contributed by atoms with E-state index in [-0.39, 0.29) is 0 Å². The molecule has 70 heavy (non-hydrogen) atoms. The van der Waals surface area contributed by atoms with E-state index in [1.165, 1.54) is 21.3 Å². The molecule has 9 aromatic rings. The molecule has 19 heteroatoms.